The summed E-state index contributed by atoms with van der Waals surface area (Å²) in [6.45, 7) is 2.91. The summed E-state index contributed by atoms with van der Waals surface area (Å²) >= 11 is 0. The van der Waals surface area contributed by atoms with Gasteiger partial charge in [-0.25, -0.2) is 14.4 Å². The van der Waals surface area contributed by atoms with Crippen LogP contribution >= 0.6 is 0 Å². The van der Waals surface area contributed by atoms with Gasteiger partial charge in [0, 0.05) is 6.54 Å². The van der Waals surface area contributed by atoms with E-state index in [1.54, 1.807) is 20.8 Å². The monoisotopic (exact) mass is 358 g/mol. The lowest BCUT2D eigenvalue weighted by molar-refractivity contribution is -0.160. The molecule has 0 aromatic rings. The van der Waals surface area contributed by atoms with Crippen molar-refractivity contribution in [2.75, 3.05) is 20.3 Å². The van der Waals surface area contributed by atoms with Gasteiger partial charge < -0.3 is 24.8 Å². The molecule has 2 N–H and O–H groups in total. The topological polar surface area (TPSA) is 103 Å². The summed E-state index contributed by atoms with van der Waals surface area (Å²) in [5, 5.41) is 4.27. The maximum absolute atomic E-state index is 11.9. The third-order valence-corrected chi connectivity index (χ3v) is 2.25. The van der Waals surface area contributed by atoms with Crippen LogP contribution in [-0.2, 0) is 19.0 Å². The van der Waals surface area contributed by atoms with E-state index in [9.17, 15) is 27.6 Å². The van der Waals surface area contributed by atoms with Gasteiger partial charge in [0.1, 0.15) is 11.6 Å². The van der Waals surface area contributed by atoms with Crippen LogP contribution < -0.4 is 10.6 Å². The number of methoxy groups -OCH3 is 1. The van der Waals surface area contributed by atoms with Crippen molar-refractivity contribution in [3.8, 4) is 0 Å². The molecule has 0 heterocycles. The highest BCUT2D eigenvalue weighted by Crippen LogP contribution is 2.14. The van der Waals surface area contributed by atoms with Crippen LogP contribution in [0, 0.1) is 0 Å². The molecule has 0 rings (SSSR count). The van der Waals surface area contributed by atoms with Crippen LogP contribution in [0.25, 0.3) is 0 Å². The van der Waals surface area contributed by atoms with E-state index in [1.165, 1.54) is 0 Å². The van der Waals surface area contributed by atoms with Crippen LogP contribution in [0.15, 0.2) is 0 Å². The normalized spacial score (nSPS) is 12.8. The van der Waals surface area contributed by atoms with Gasteiger partial charge in [0.15, 0.2) is 6.61 Å². The van der Waals surface area contributed by atoms with E-state index >= 15 is 0 Å². The van der Waals surface area contributed by atoms with Gasteiger partial charge in [-0.2, -0.15) is 13.2 Å². The molecule has 140 valence electrons. The zero-order valence-electron chi connectivity index (χ0n) is 13.8. The Morgan fingerprint density at radius 1 is 1.08 bits per heavy atom. The fourth-order valence-corrected chi connectivity index (χ4v) is 1.36. The minimum Gasteiger partial charge on any atom is -0.467 e. The Kier molecular flexibility index (Phi) is 8.34. The van der Waals surface area contributed by atoms with E-state index in [1.807, 2.05) is 5.32 Å². The van der Waals surface area contributed by atoms with Crippen molar-refractivity contribution in [3.05, 3.63) is 0 Å². The summed E-state index contributed by atoms with van der Waals surface area (Å²) in [5.41, 5.74) is -0.787. The molecule has 0 unspecified atom stereocenters. The molecule has 0 bridgehead atoms. The minimum absolute atomic E-state index is 0.132. The number of carbonyl (C=O) groups excluding carboxylic acids is 3. The van der Waals surface area contributed by atoms with E-state index in [0.717, 1.165) is 7.11 Å². The Labute approximate surface area is 137 Å². The third-order valence-electron chi connectivity index (χ3n) is 2.25. The molecule has 24 heavy (non-hydrogen) atoms. The first-order chi connectivity index (χ1) is 10.8. The Hall–Kier alpha value is -2.20. The summed E-state index contributed by atoms with van der Waals surface area (Å²) in [6.07, 6.45) is -6.94. The van der Waals surface area contributed by atoms with Gasteiger partial charge in [-0.1, -0.05) is 0 Å². The second-order valence-corrected chi connectivity index (χ2v) is 5.63. The Bertz CT molecular complexity index is 448. The number of halogens is 3. The summed E-state index contributed by atoms with van der Waals surface area (Å²) in [4.78, 5) is 34.2. The van der Waals surface area contributed by atoms with Crippen LogP contribution in [-0.4, -0.2) is 56.2 Å². The van der Waals surface area contributed by atoms with Crippen LogP contribution in [0.1, 0.15) is 27.2 Å². The van der Waals surface area contributed by atoms with Gasteiger partial charge in [0.05, 0.1) is 7.11 Å². The fourth-order valence-electron chi connectivity index (χ4n) is 1.36. The molecule has 11 heteroatoms. The molecule has 1 atom stereocenters. The smallest absolute Gasteiger partial charge is 0.422 e. The number of hydrogen-bond donors (Lipinski definition) is 2. The van der Waals surface area contributed by atoms with Gasteiger partial charge >= 0.3 is 24.3 Å². The van der Waals surface area contributed by atoms with Crippen LogP contribution in [0.3, 0.4) is 0 Å². The lowest BCUT2D eigenvalue weighted by atomic mass is 10.2. The average Bonchev–Trinajstić information content (AvgIpc) is 2.40. The number of carbonyl (C=O) groups is 3. The Morgan fingerprint density at radius 3 is 2.12 bits per heavy atom. The number of alkyl halides is 3. The number of amides is 2. The molecular weight excluding hydrogens is 337 g/mol. The zero-order valence-corrected chi connectivity index (χ0v) is 13.8. The molecule has 2 amide bonds. The molecule has 8 nitrogen and oxygen atoms in total. The SMILES string of the molecule is COC(=O)[C@H](CCNC(=O)OCC(F)(F)F)NC(=O)OC(C)(C)C. The number of hydrogen-bond acceptors (Lipinski definition) is 6. The summed E-state index contributed by atoms with van der Waals surface area (Å²) in [7, 11) is 1.09. The predicted octanol–water partition coefficient (Wildman–Crippen LogP) is 1.73. The quantitative estimate of drug-likeness (QED) is 0.554. The van der Waals surface area contributed by atoms with E-state index < -0.39 is 42.6 Å². The van der Waals surface area contributed by atoms with Crippen LogP contribution in [0.4, 0.5) is 22.8 Å². The van der Waals surface area contributed by atoms with Gasteiger partial charge in [-0.3, -0.25) is 0 Å². The van der Waals surface area contributed by atoms with Gasteiger partial charge in [-0.05, 0) is 27.2 Å². The summed E-state index contributed by atoms with van der Waals surface area (Å²) < 4.78 is 49.0. The Balaban J connectivity index is 4.37. The highest BCUT2D eigenvalue weighted by Gasteiger charge is 2.30. The van der Waals surface area contributed by atoms with Crippen LogP contribution in [0.5, 0.6) is 0 Å². The first-order valence-corrected chi connectivity index (χ1v) is 6.89. The van der Waals surface area contributed by atoms with Crippen molar-refractivity contribution in [1.82, 2.24) is 10.6 Å². The molecular formula is C13H21F3N2O6. The standard InChI is InChI=1S/C13H21F3N2O6/c1-12(2,3)24-11(21)18-8(9(19)22-4)5-6-17-10(20)23-7-13(14,15)16/h8H,5-7H2,1-4H3,(H,17,20)(H,18,21)/t8-/m0/s1. The van der Waals surface area contributed by atoms with Crippen molar-refractivity contribution in [1.29, 1.82) is 0 Å². The number of esters is 1. The van der Waals surface area contributed by atoms with Crippen LogP contribution in [0.2, 0.25) is 0 Å². The highest BCUT2D eigenvalue weighted by atomic mass is 19.4. The summed E-state index contributed by atoms with van der Waals surface area (Å²) in [5.74, 6) is -0.800. The molecule has 0 aliphatic rings. The predicted molar refractivity (Wildman–Crippen MR) is 75.2 cm³/mol. The first-order valence-electron chi connectivity index (χ1n) is 6.89. The maximum atomic E-state index is 11.9. The van der Waals surface area contributed by atoms with E-state index in [-0.39, 0.29) is 13.0 Å². The molecule has 0 aromatic heterocycles. The second-order valence-electron chi connectivity index (χ2n) is 5.63. The number of rotatable bonds is 6. The van der Waals surface area contributed by atoms with Crippen molar-refractivity contribution in [2.45, 2.75) is 45.0 Å². The molecule has 0 aliphatic heterocycles. The molecule has 0 saturated heterocycles. The van der Waals surface area contributed by atoms with E-state index in [0.29, 0.717) is 0 Å². The van der Waals surface area contributed by atoms with Gasteiger partial charge in [-0.15, -0.1) is 0 Å². The first kappa shape index (κ1) is 21.8. The van der Waals surface area contributed by atoms with Crippen molar-refractivity contribution in [2.24, 2.45) is 0 Å². The van der Waals surface area contributed by atoms with E-state index in [4.69, 9.17) is 4.74 Å². The summed E-state index contributed by atoms with van der Waals surface area (Å²) in [6, 6.07) is -1.15. The van der Waals surface area contributed by atoms with Crippen molar-refractivity contribution < 1.29 is 41.8 Å². The van der Waals surface area contributed by atoms with Gasteiger partial charge in [0.25, 0.3) is 0 Å². The second kappa shape index (κ2) is 9.18. The average molecular weight is 358 g/mol. The van der Waals surface area contributed by atoms with Crippen molar-refractivity contribution >= 4 is 18.2 Å². The molecule has 0 aromatic carbocycles. The molecule has 0 saturated carbocycles. The van der Waals surface area contributed by atoms with Gasteiger partial charge in [0.2, 0.25) is 0 Å². The minimum atomic E-state index is -4.63. The molecule has 0 aliphatic carbocycles. The number of alkyl carbamates (subject to hydrolysis) is 2. The number of ether oxygens (including phenoxy) is 3. The highest BCUT2D eigenvalue weighted by molar-refractivity contribution is 5.81. The maximum Gasteiger partial charge on any atom is 0.422 e. The third kappa shape index (κ3) is 11.4. The molecule has 0 fully saturated rings. The Morgan fingerprint density at radius 2 is 1.67 bits per heavy atom. The zero-order chi connectivity index (χ0) is 19.0. The lowest BCUT2D eigenvalue weighted by Crippen LogP contribution is -2.45. The van der Waals surface area contributed by atoms with Crippen molar-refractivity contribution in [3.63, 3.8) is 0 Å². The molecule has 0 spiro atoms. The fraction of sp³-hybridized carbons (Fsp3) is 0.769. The lowest BCUT2D eigenvalue weighted by Gasteiger charge is -2.22. The van der Waals surface area contributed by atoms with E-state index in [2.05, 4.69) is 14.8 Å². The largest absolute Gasteiger partial charge is 0.467 e. The molecule has 0 radical (unpaired) electrons. The number of nitrogens with one attached hydrogen (secondary N) is 2.